The molecule has 0 aliphatic rings. The smallest absolute Gasteiger partial charge is 0.319 e. The van der Waals surface area contributed by atoms with E-state index in [-0.39, 0.29) is 6.03 Å². The highest BCUT2D eigenvalue weighted by Gasteiger charge is 2.05. The van der Waals surface area contributed by atoms with E-state index < -0.39 is 0 Å². The van der Waals surface area contributed by atoms with Gasteiger partial charge in [0.05, 0.1) is 11.9 Å². The fraction of sp³-hybridized carbons (Fsp3) is 0.385. The van der Waals surface area contributed by atoms with Crippen molar-refractivity contribution in [1.29, 1.82) is 0 Å². The molecule has 19 heavy (non-hydrogen) atoms. The molecule has 0 aliphatic heterocycles. The van der Waals surface area contributed by atoms with E-state index >= 15 is 0 Å². The average molecular weight is 278 g/mol. The van der Waals surface area contributed by atoms with E-state index in [2.05, 4.69) is 29.6 Å². The summed E-state index contributed by atoms with van der Waals surface area (Å²) < 4.78 is 1.83. The van der Waals surface area contributed by atoms with E-state index in [4.69, 9.17) is 0 Å². The molecule has 2 rings (SSSR count). The van der Waals surface area contributed by atoms with Gasteiger partial charge in [-0.1, -0.05) is 13.8 Å². The number of urea groups is 1. The number of amides is 2. The molecule has 6 heteroatoms. The Kier molecular flexibility index (Phi) is 4.57. The number of rotatable bonds is 5. The van der Waals surface area contributed by atoms with Crippen LogP contribution in [0.2, 0.25) is 0 Å². The first kappa shape index (κ1) is 13.6. The third-order valence-corrected chi connectivity index (χ3v) is 3.21. The van der Waals surface area contributed by atoms with Gasteiger partial charge in [0.2, 0.25) is 0 Å². The van der Waals surface area contributed by atoms with Crippen LogP contribution in [0.25, 0.3) is 0 Å². The minimum Gasteiger partial charge on any atom is -0.334 e. The molecule has 0 atom stereocenters. The fourth-order valence-electron chi connectivity index (χ4n) is 1.65. The van der Waals surface area contributed by atoms with E-state index in [9.17, 15) is 4.79 Å². The summed E-state index contributed by atoms with van der Waals surface area (Å²) in [6.07, 6.45) is 3.50. The standard InChI is InChI=1S/C13H18N4OS/c1-10(2)7-17-8-12(6-15-17)16-13(18)14-5-11-3-4-19-9-11/h3-4,6,8-10H,5,7H2,1-2H3,(H2,14,16,18). The van der Waals surface area contributed by atoms with Gasteiger partial charge in [-0.05, 0) is 28.3 Å². The Morgan fingerprint density at radius 1 is 1.53 bits per heavy atom. The molecule has 0 saturated carbocycles. The quantitative estimate of drug-likeness (QED) is 0.883. The van der Waals surface area contributed by atoms with Gasteiger partial charge in [-0.15, -0.1) is 0 Å². The topological polar surface area (TPSA) is 59.0 Å². The molecule has 2 amide bonds. The van der Waals surface area contributed by atoms with Gasteiger partial charge in [-0.3, -0.25) is 4.68 Å². The van der Waals surface area contributed by atoms with Crippen LogP contribution in [-0.4, -0.2) is 15.8 Å². The summed E-state index contributed by atoms with van der Waals surface area (Å²) in [4.78, 5) is 11.7. The van der Waals surface area contributed by atoms with Crippen molar-refractivity contribution in [2.45, 2.75) is 26.9 Å². The summed E-state index contributed by atoms with van der Waals surface area (Å²) in [5.41, 5.74) is 1.82. The first-order chi connectivity index (χ1) is 9.13. The van der Waals surface area contributed by atoms with Gasteiger partial charge in [-0.2, -0.15) is 16.4 Å². The lowest BCUT2D eigenvalue weighted by molar-refractivity contribution is 0.252. The molecule has 2 heterocycles. The Bertz CT molecular complexity index is 518. The summed E-state index contributed by atoms with van der Waals surface area (Å²) in [5, 5.41) is 13.8. The molecule has 102 valence electrons. The van der Waals surface area contributed by atoms with Gasteiger partial charge in [0.25, 0.3) is 0 Å². The van der Waals surface area contributed by atoms with Gasteiger partial charge in [0.1, 0.15) is 0 Å². The van der Waals surface area contributed by atoms with Crippen LogP contribution >= 0.6 is 11.3 Å². The number of nitrogens with zero attached hydrogens (tertiary/aromatic N) is 2. The van der Waals surface area contributed by atoms with Crippen LogP contribution in [0.3, 0.4) is 0 Å². The van der Waals surface area contributed by atoms with Crippen LogP contribution in [0.4, 0.5) is 10.5 Å². The third kappa shape index (κ3) is 4.40. The molecule has 2 N–H and O–H groups in total. The minimum atomic E-state index is -0.213. The second-order valence-corrected chi connectivity index (χ2v) is 5.56. The van der Waals surface area contributed by atoms with Crippen LogP contribution < -0.4 is 10.6 Å². The van der Waals surface area contributed by atoms with Crippen molar-refractivity contribution in [3.63, 3.8) is 0 Å². The number of aromatic nitrogens is 2. The fourth-order valence-corrected chi connectivity index (χ4v) is 2.32. The Morgan fingerprint density at radius 2 is 2.37 bits per heavy atom. The van der Waals surface area contributed by atoms with Crippen molar-refractivity contribution in [2.24, 2.45) is 5.92 Å². The molecule has 2 aromatic heterocycles. The number of hydrogen-bond acceptors (Lipinski definition) is 3. The number of hydrogen-bond donors (Lipinski definition) is 2. The van der Waals surface area contributed by atoms with Crippen molar-refractivity contribution < 1.29 is 4.79 Å². The molecular formula is C13H18N4OS. The lowest BCUT2D eigenvalue weighted by atomic mass is 10.2. The van der Waals surface area contributed by atoms with Gasteiger partial charge in [-0.25, -0.2) is 4.79 Å². The first-order valence-electron chi connectivity index (χ1n) is 6.22. The Labute approximate surface area is 116 Å². The number of carbonyl (C=O) groups excluding carboxylic acids is 1. The molecule has 0 aliphatic carbocycles. The number of thiophene rings is 1. The lowest BCUT2D eigenvalue weighted by Gasteiger charge is -2.05. The molecule has 5 nitrogen and oxygen atoms in total. The molecule has 0 spiro atoms. The van der Waals surface area contributed by atoms with E-state index in [1.54, 1.807) is 17.5 Å². The summed E-state index contributed by atoms with van der Waals surface area (Å²) in [5.74, 6) is 0.528. The number of anilines is 1. The van der Waals surface area contributed by atoms with Crippen LogP contribution in [-0.2, 0) is 13.1 Å². The van der Waals surface area contributed by atoms with Crippen molar-refractivity contribution in [3.05, 3.63) is 34.8 Å². The largest absolute Gasteiger partial charge is 0.334 e. The van der Waals surface area contributed by atoms with E-state index in [0.29, 0.717) is 18.2 Å². The zero-order valence-electron chi connectivity index (χ0n) is 11.1. The van der Waals surface area contributed by atoms with Crippen molar-refractivity contribution >= 4 is 23.1 Å². The predicted octanol–water partition coefficient (Wildman–Crippen LogP) is 2.92. The zero-order chi connectivity index (χ0) is 13.7. The Morgan fingerprint density at radius 3 is 3.05 bits per heavy atom. The highest BCUT2D eigenvalue weighted by atomic mass is 32.1. The first-order valence-corrected chi connectivity index (χ1v) is 7.16. The summed E-state index contributed by atoms with van der Waals surface area (Å²) >= 11 is 1.62. The van der Waals surface area contributed by atoms with Crippen LogP contribution in [0.5, 0.6) is 0 Å². The van der Waals surface area contributed by atoms with E-state index in [1.165, 1.54) is 0 Å². The maximum absolute atomic E-state index is 11.7. The summed E-state index contributed by atoms with van der Waals surface area (Å²) in [6.45, 7) is 5.64. The Balaban J connectivity index is 1.80. The van der Waals surface area contributed by atoms with Crippen molar-refractivity contribution in [2.75, 3.05) is 5.32 Å². The molecule has 0 unspecified atom stereocenters. The third-order valence-electron chi connectivity index (χ3n) is 2.48. The van der Waals surface area contributed by atoms with Gasteiger partial charge < -0.3 is 10.6 Å². The molecule has 0 saturated heterocycles. The predicted molar refractivity (Wildman–Crippen MR) is 77.2 cm³/mol. The van der Waals surface area contributed by atoms with Gasteiger partial charge >= 0.3 is 6.03 Å². The maximum atomic E-state index is 11.7. The second kappa shape index (κ2) is 6.38. The number of carbonyl (C=O) groups is 1. The number of nitrogens with one attached hydrogen (secondary N) is 2. The van der Waals surface area contributed by atoms with E-state index in [1.807, 2.05) is 27.7 Å². The highest BCUT2D eigenvalue weighted by molar-refractivity contribution is 7.07. The molecule has 0 aromatic carbocycles. The SMILES string of the molecule is CC(C)Cn1cc(NC(=O)NCc2ccsc2)cn1. The second-order valence-electron chi connectivity index (χ2n) is 4.78. The zero-order valence-corrected chi connectivity index (χ0v) is 11.9. The average Bonchev–Trinajstić information content (AvgIpc) is 2.97. The van der Waals surface area contributed by atoms with Crippen molar-refractivity contribution in [1.82, 2.24) is 15.1 Å². The Hall–Kier alpha value is -1.82. The van der Waals surface area contributed by atoms with Crippen LogP contribution in [0.1, 0.15) is 19.4 Å². The summed E-state index contributed by atoms with van der Waals surface area (Å²) in [6, 6.07) is 1.78. The normalized spacial score (nSPS) is 10.7. The lowest BCUT2D eigenvalue weighted by Crippen LogP contribution is -2.27. The molecule has 2 aromatic rings. The molecule has 0 fully saturated rings. The molecular weight excluding hydrogens is 260 g/mol. The minimum absolute atomic E-state index is 0.213. The van der Waals surface area contributed by atoms with Crippen LogP contribution in [0.15, 0.2) is 29.2 Å². The molecule has 0 bridgehead atoms. The molecule has 0 radical (unpaired) electrons. The van der Waals surface area contributed by atoms with Crippen molar-refractivity contribution in [3.8, 4) is 0 Å². The van der Waals surface area contributed by atoms with Crippen LogP contribution in [0, 0.1) is 5.92 Å². The monoisotopic (exact) mass is 278 g/mol. The van der Waals surface area contributed by atoms with Gasteiger partial charge in [0, 0.05) is 19.3 Å². The van der Waals surface area contributed by atoms with Gasteiger partial charge in [0.15, 0.2) is 0 Å². The highest BCUT2D eigenvalue weighted by Crippen LogP contribution is 2.08. The summed E-state index contributed by atoms with van der Waals surface area (Å²) in [7, 11) is 0. The van der Waals surface area contributed by atoms with E-state index in [0.717, 1.165) is 12.1 Å². The maximum Gasteiger partial charge on any atom is 0.319 e.